The molecule has 0 bridgehead atoms. The molecule has 0 fully saturated rings. The van der Waals surface area contributed by atoms with Crippen molar-refractivity contribution in [2.45, 2.75) is 6.54 Å². The van der Waals surface area contributed by atoms with E-state index in [4.69, 9.17) is 10.9 Å². The second-order valence-electron chi connectivity index (χ2n) is 4.12. The maximum Gasteiger partial charge on any atom is 0.170 e. The van der Waals surface area contributed by atoms with Crippen molar-refractivity contribution in [3.8, 4) is 0 Å². The van der Waals surface area contributed by atoms with Crippen molar-refractivity contribution < 1.29 is 9.60 Å². The zero-order chi connectivity index (χ0) is 14.5. The van der Waals surface area contributed by atoms with Crippen LogP contribution in [0.1, 0.15) is 11.1 Å². The lowest BCUT2D eigenvalue weighted by Crippen LogP contribution is -2.14. The summed E-state index contributed by atoms with van der Waals surface area (Å²) in [4.78, 5) is 0. The molecule has 0 aliphatic carbocycles. The van der Waals surface area contributed by atoms with Crippen molar-refractivity contribution in [2.75, 3.05) is 5.32 Å². The molecule has 0 spiro atoms. The molecule has 0 aromatic heterocycles. The minimum absolute atomic E-state index is 0.110. The van der Waals surface area contributed by atoms with Gasteiger partial charge < -0.3 is 16.3 Å². The summed E-state index contributed by atoms with van der Waals surface area (Å²) in [5, 5.41) is 14.6. The Hall–Kier alpha value is -1.83. The van der Waals surface area contributed by atoms with Gasteiger partial charge in [-0.05, 0) is 40.8 Å². The summed E-state index contributed by atoms with van der Waals surface area (Å²) in [6.07, 6.45) is 0. The Morgan fingerprint density at radius 2 is 2.05 bits per heavy atom. The van der Waals surface area contributed by atoms with E-state index in [-0.39, 0.29) is 5.84 Å². The highest BCUT2D eigenvalue weighted by molar-refractivity contribution is 14.1. The molecular formula is C14H13FIN3O. The summed E-state index contributed by atoms with van der Waals surface area (Å²) >= 11 is 2.21. The van der Waals surface area contributed by atoms with Gasteiger partial charge >= 0.3 is 0 Å². The van der Waals surface area contributed by atoms with Gasteiger partial charge in [0.25, 0.3) is 0 Å². The quantitative estimate of drug-likeness (QED) is 0.249. The predicted octanol–water partition coefficient (Wildman–Crippen LogP) is 3.14. The van der Waals surface area contributed by atoms with Crippen molar-refractivity contribution in [2.24, 2.45) is 10.9 Å². The van der Waals surface area contributed by atoms with Crippen LogP contribution >= 0.6 is 22.6 Å². The number of rotatable bonds is 4. The first kappa shape index (κ1) is 14.6. The number of nitrogens with one attached hydrogen (secondary N) is 1. The standard InChI is InChI=1S/C14H13FIN3O/c15-11-7-9(14(17)19-20)5-6-10(11)8-18-13-4-2-1-3-12(13)16/h1-7,18,20H,8H2,(H2,17,19). The number of benzene rings is 2. The number of anilines is 1. The van der Waals surface area contributed by atoms with Crippen molar-refractivity contribution in [3.05, 3.63) is 63.0 Å². The van der Waals surface area contributed by atoms with Gasteiger partial charge in [0.2, 0.25) is 0 Å². The van der Waals surface area contributed by atoms with Crippen LogP contribution in [0, 0.1) is 9.39 Å². The SMILES string of the molecule is NC(=NO)c1ccc(CNc2ccccc2I)c(F)c1. The van der Waals surface area contributed by atoms with Gasteiger partial charge in [-0.25, -0.2) is 4.39 Å². The molecule has 0 radical (unpaired) electrons. The molecule has 0 atom stereocenters. The highest BCUT2D eigenvalue weighted by Gasteiger charge is 2.07. The molecule has 0 aliphatic rings. The van der Waals surface area contributed by atoms with Crippen LogP contribution in [0.3, 0.4) is 0 Å². The highest BCUT2D eigenvalue weighted by Crippen LogP contribution is 2.19. The fourth-order valence-corrected chi connectivity index (χ4v) is 2.28. The largest absolute Gasteiger partial charge is 0.409 e. The zero-order valence-electron chi connectivity index (χ0n) is 10.5. The summed E-state index contributed by atoms with van der Waals surface area (Å²) in [7, 11) is 0. The fourth-order valence-electron chi connectivity index (χ4n) is 1.70. The van der Waals surface area contributed by atoms with Crippen LogP contribution in [-0.2, 0) is 6.54 Å². The smallest absolute Gasteiger partial charge is 0.170 e. The molecular weight excluding hydrogens is 372 g/mol. The van der Waals surface area contributed by atoms with Gasteiger partial charge in [-0.15, -0.1) is 0 Å². The van der Waals surface area contributed by atoms with E-state index in [1.807, 2.05) is 24.3 Å². The maximum absolute atomic E-state index is 13.9. The Morgan fingerprint density at radius 1 is 1.30 bits per heavy atom. The Balaban J connectivity index is 2.13. The topological polar surface area (TPSA) is 70.6 Å². The van der Waals surface area contributed by atoms with Crippen molar-refractivity contribution in [3.63, 3.8) is 0 Å². The molecule has 2 rings (SSSR count). The van der Waals surface area contributed by atoms with E-state index in [9.17, 15) is 4.39 Å². The molecule has 104 valence electrons. The van der Waals surface area contributed by atoms with Gasteiger partial charge in [0, 0.05) is 26.9 Å². The van der Waals surface area contributed by atoms with Crippen molar-refractivity contribution in [1.82, 2.24) is 0 Å². The van der Waals surface area contributed by atoms with Gasteiger partial charge in [0.05, 0.1) is 0 Å². The van der Waals surface area contributed by atoms with Gasteiger partial charge in [0.15, 0.2) is 5.84 Å². The van der Waals surface area contributed by atoms with E-state index in [1.54, 1.807) is 12.1 Å². The fraction of sp³-hybridized carbons (Fsp3) is 0.0714. The number of oxime groups is 1. The highest BCUT2D eigenvalue weighted by atomic mass is 127. The van der Waals surface area contributed by atoms with Crippen LogP contribution in [0.5, 0.6) is 0 Å². The number of hydrogen-bond acceptors (Lipinski definition) is 3. The molecule has 4 N–H and O–H groups in total. The number of nitrogens with two attached hydrogens (primary N) is 1. The van der Waals surface area contributed by atoms with Crippen LogP contribution in [0.15, 0.2) is 47.6 Å². The average Bonchev–Trinajstić information content (AvgIpc) is 2.46. The van der Waals surface area contributed by atoms with Crippen LogP contribution in [0.25, 0.3) is 0 Å². The Bertz CT molecular complexity index is 646. The van der Waals surface area contributed by atoms with Crippen LogP contribution in [0.2, 0.25) is 0 Å². The van der Waals surface area contributed by atoms with Crippen LogP contribution in [-0.4, -0.2) is 11.0 Å². The third-order valence-electron chi connectivity index (χ3n) is 2.80. The summed E-state index contributed by atoms with van der Waals surface area (Å²) in [5.41, 5.74) is 7.23. The maximum atomic E-state index is 13.9. The Morgan fingerprint density at radius 3 is 2.70 bits per heavy atom. The Kier molecular flexibility index (Phi) is 4.78. The lowest BCUT2D eigenvalue weighted by molar-refractivity contribution is 0.318. The minimum Gasteiger partial charge on any atom is -0.409 e. The van der Waals surface area contributed by atoms with Gasteiger partial charge in [0.1, 0.15) is 5.82 Å². The van der Waals surface area contributed by atoms with Crippen molar-refractivity contribution in [1.29, 1.82) is 0 Å². The Labute approximate surface area is 129 Å². The summed E-state index contributed by atoms with van der Waals surface area (Å²) in [6.45, 7) is 0.363. The second-order valence-corrected chi connectivity index (χ2v) is 5.29. The van der Waals surface area contributed by atoms with E-state index in [0.717, 1.165) is 9.26 Å². The van der Waals surface area contributed by atoms with E-state index in [2.05, 4.69) is 33.1 Å². The number of hydrogen-bond donors (Lipinski definition) is 3. The monoisotopic (exact) mass is 385 g/mol. The van der Waals surface area contributed by atoms with Gasteiger partial charge in [-0.1, -0.05) is 29.4 Å². The van der Waals surface area contributed by atoms with Crippen LogP contribution < -0.4 is 11.1 Å². The minimum atomic E-state index is -0.396. The molecule has 4 nitrogen and oxygen atoms in total. The third kappa shape index (κ3) is 3.38. The molecule has 0 amide bonds. The summed E-state index contributed by atoms with van der Waals surface area (Å²) in [6, 6.07) is 12.3. The summed E-state index contributed by atoms with van der Waals surface area (Å²) < 4.78 is 15.0. The number of amidine groups is 1. The first-order valence-corrected chi connectivity index (χ1v) is 6.94. The van der Waals surface area contributed by atoms with E-state index < -0.39 is 5.82 Å². The number of nitrogens with zero attached hydrogens (tertiary/aromatic N) is 1. The van der Waals surface area contributed by atoms with E-state index >= 15 is 0 Å². The molecule has 0 saturated heterocycles. The van der Waals surface area contributed by atoms with Crippen molar-refractivity contribution >= 4 is 34.1 Å². The summed E-state index contributed by atoms with van der Waals surface area (Å²) in [5.74, 6) is -0.506. The van der Waals surface area contributed by atoms with E-state index in [1.165, 1.54) is 6.07 Å². The first-order chi connectivity index (χ1) is 9.61. The molecule has 2 aromatic rings. The normalized spacial score (nSPS) is 11.4. The molecule has 0 heterocycles. The number of halogens is 2. The molecule has 2 aromatic carbocycles. The molecule has 0 unspecified atom stereocenters. The van der Waals surface area contributed by atoms with Gasteiger partial charge in [-0.3, -0.25) is 0 Å². The molecule has 0 aliphatic heterocycles. The zero-order valence-corrected chi connectivity index (χ0v) is 12.6. The van der Waals surface area contributed by atoms with Gasteiger partial charge in [-0.2, -0.15) is 0 Å². The predicted molar refractivity (Wildman–Crippen MR) is 85.4 cm³/mol. The number of para-hydroxylation sites is 1. The molecule has 6 heteroatoms. The molecule has 20 heavy (non-hydrogen) atoms. The lowest BCUT2D eigenvalue weighted by Gasteiger charge is -2.10. The lowest BCUT2D eigenvalue weighted by atomic mass is 10.1. The molecule has 0 saturated carbocycles. The average molecular weight is 385 g/mol. The second kappa shape index (κ2) is 6.56. The van der Waals surface area contributed by atoms with Crippen LogP contribution in [0.4, 0.5) is 10.1 Å². The first-order valence-electron chi connectivity index (χ1n) is 5.86. The van der Waals surface area contributed by atoms with E-state index in [0.29, 0.717) is 17.7 Å². The third-order valence-corrected chi connectivity index (χ3v) is 3.74.